The van der Waals surface area contributed by atoms with Gasteiger partial charge in [-0.1, -0.05) is 13.0 Å². The van der Waals surface area contributed by atoms with E-state index in [9.17, 15) is 4.39 Å². The van der Waals surface area contributed by atoms with Crippen molar-refractivity contribution in [3.63, 3.8) is 0 Å². The predicted molar refractivity (Wildman–Crippen MR) is 41.3 cm³/mol. The highest BCUT2D eigenvalue weighted by Crippen LogP contribution is 2.25. The Morgan fingerprint density at radius 1 is 1.70 bits per heavy atom. The van der Waals surface area contributed by atoms with E-state index in [0.29, 0.717) is 5.92 Å². The topological polar surface area (TPSA) is 0 Å². The minimum absolute atomic E-state index is 0.0373. The van der Waals surface area contributed by atoms with Crippen LogP contribution in [0.3, 0.4) is 0 Å². The number of hydrogen-bond donors (Lipinski definition) is 0. The van der Waals surface area contributed by atoms with Crippen molar-refractivity contribution in [3.8, 4) is 0 Å². The van der Waals surface area contributed by atoms with Gasteiger partial charge in [0, 0.05) is 0 Å². The first-order chi connectivity index (χ1) is 4.74. The smallest absolute Gasteiger partial charge is 0.121 e. The molecule has 1 aliphatic carbocycles. The Kier molecular flexibility index (Phi) is 2.25. The molecule has 0 fully saturated rings. The molecule has 0 heterocycles. The second-order valence-electron chi connectivity index (χ2n) is 2.86. The normalized spacial score (nSPS) is 25.7. The largest absolute Gasteiger partial charge is 0.207 e. The van der Waals surface area contributed by atoms with Gasteiger partial charge in [-0.15, -0.1) is 0 Å². The minimum atomic E-state index is -0.0373. The fraction of sp³-hybridized carbons (Fsp3) is 0.556. The maximum atomic E-state index is 12.7. The van der Waals surface area contributed by atoms with Crippen LogP contribution in [-0.2, 0) is 0 Å². The van der Waals surface area contributed by atoms with Crippen LogP contribution >= 0.6 is 0 Å². The number of allylic oxidation sites excluding steroid dienone is 4. The SMILES string of the molecule is CCC1C=CC(F)=C(C)C1. The molecule has 0 aromatic rings. The third-order valence-corrected chi connectivity index (χ3v) is 2.02. The van der Waals surface area contributed by atoms with Gasteiger partial charge in [-0.3, -0.25) is 0 Å². The van der Waals surface area contributed by atoms with E-state index < -0.39 is 0 Å². The Morgan fingerprint density at radius 2 is 2.40 bits per heavy atom. The van der Waals surface area contributed by atoms with Crippen molar-refractivity contribution in [3.05, 3.63) is 23.6 Å². The van der Waals surface area contributed by atoms with E-state index in [1.807, 2.05) is 13.0 Å². The number of hydrogen-bond acceptors (Lipinski definition) is 0. The van der Waals surface area contributed by atoms with Crippen LogP contribution in [-0.4, -0.2) is 0 Å². The monoisotopic (exact) mass is 140 g/mol. The molecular weight excluding hydrogens is 127 g/mol. The van der Waals surface area contributed by atoms with E-state index >= 15 is 0 Å². The molecule has 0 amide bonds. The number of rotatable bonds is 1. The van der Waals surface area contributed by atoms with Crippen LogP contribution in [0.4, 0.5) is 4.39 Å². The Bertz CT molecular complexity index is 177. The van der Waals surface area contributed by atoms with Crippen molar-refractivity contribution in [2.75, 3.05) is 0 Å². The van der Waals surface area contributed by atoms with Gasteiger partial charge in [0.15, 0.2) is 0 Å². The first-order valence-electron chi connectivity index (χ1n) is 3.77. The Balaban J connectivity index is 2.65. The molecule has 0 N–H and O–H groups in total. The van der Waals surface area contributed by atoms with E-state index in [2.05, 4.69) is 6.92 Å². The van der Waals surface area contributed by atoms with Gasteiger partial charge in [-0.2, -0.15) is 0 Å². The molecule has 0 radical (unpaired) electrons. The molecular formula is C9H13F. The van der Waals surface area contributed by atoms with Gasteiger partial charge < -0.3 is 0 Å². The maximum absolute atomic E-state index is 12.7. The third kappa shape index (κ3) is 1.47. The van der Waals surface area contributed by atoms with Gasteiger partial charge >= 0.3 is 0 Å². The van der Waals surface area contributed by atoms with Gasteiger partial charge in [-0.25, -0.2) is 4.39 Å². The lowest BCUT2D eigenvalue weighted by molar-refractivity contribution is 0.564. The van der Waals surface area contributed by atoms with E-state index in [-0.39, 0.29) is 5.83 Å². The molecule has 1 heteroatoms. The first kappa shape index (κ1) is 7.52. The summed E-state index contributed by atoms with van der Waals surface area (Å²) in [6.07, 6.45) is 5.56. The van der Waals surface area contributed by atoms with Crippen LogP contribution in [0.1, 0.15) is 26.7 Å². The van der Waals surface area contributed by atoms with E-state index in [1.165, 1.54) is 0 Å². The van der Waals surface area contributed by atoms with E-state index in [0.717, 1.165) is 18.4 Å². The summed E-state index contributed by atoms with van der Waals surface area (Å²) in [7, 11) is 0. The van der Waals surface area contributed by atoms with Crippen molar-refractivity contribution in [2.45, 2.75) is 26.7 Å². The van der Waals surface area contributed by atoms with Crippen LogP contribution in [0.2, 0.25) is 0 Å². The minimum Gasteiger partial charge on any atom is -0.207 e. The summed E-state index contributed by atoms with van der Waals surface area (Å²) in [5, 5.41) is 0. The van der Waals surface area contributed by atoms with Crippen molar-refractivity contribution >= 4 is 0 Å². The molecule has 0 spiro atoms. The first-order valence-corrected chi connectivity index (χ1v) is 3.77. The van der Waals surface area contributed by atoms with Crippen molar-refractivity contribution in [1.82, 2.24) is 0 Å². The molecule has 0 saturated heterocycles. The van der Waals surface area contributed by atoms with E-state index in [1.54, 1.807) is 6.08 Å². The summed E-state index contributed by atoms with van der Waals surface area (Å²) in [6.45, 7) is 3.99. The fourth-order valence-electron chi connectivity index (χ4n) is 1.20. The zero-order chi connectivity index (χ0) is 7.56. The molecule has 56 valence electrons. The van der Waals surface area contributed by atoms with Crippen molar-refractivity contribution in [1.29, 1.82) is 0 Å². The second kappa shape index (κ2) is 3.00. The highest BCUT2D eigenvalue weighted by molar-refractivity contribution is 5.23. The summed E-state index contributed by atoms with van der Waals surface area (Å²) < 4.78 is 12.7. The van der Waals surface area contributed by atoms with Crippen LogP contribution < -0.4 is 0 Å². The zero-order valence-electron chi connectivity index (χ0n) is 6.52. The lowest BCUT2D eigenvalue weighted by Crippen LogP contribution is -2.00. The summed E-state index contributed by atoms with van der Waals surface area (Å²) in [6, 6.07) is 0. The Morgan fingerprint density at radius 3 is 2.90 bits per heavy atom. The quantitative estimate of drug-likeness (QED) is 0.524. The Hall–Kier alpha value is -0.590. The van der Waals surface area contributed by atoms with Gasteiger partial charge in [-0.05, 0) is 37.3 Å². The lowest BCUT2D eigenvalue weighted by Gasteiger charge is -2.14. The third-order valence-electron chi connectivity index (χ3n) is 2.02. The molecule has 0 aliphatic heterocycles. The summed E-state index contributed by atoms with van der Waals surface area (Å²) in [5.74, 6) is 0.532. The molecule has 1 aliphatic rings. The molecule has 1 rings (SSSR count). The molecule has 0 saturated carbocycles. The van der Waals surface area contributed by atoms with Gasteiger partial charge in [0.1, 0.15) is 5.83 Å². The van der Waals surface area contributed by atoms with Crippen LogP contribution in [0, 0.1) is 5.92 Å². The Labute approximate surface area is 61.4 Å². The second-order valence-corrected chi connectivity index (χ2v) is 2.86. The lowest BCUT2D eigenvalue weighted by atomic mass is 9.93. The summed E-state index contributed by atoms with van der Waals surface area (Å²) in [4.78, 5) is 0. The van der Waals surface area contributed by atoms with Gasteiger partial charge in [0.05, 0.1) is 0 Å². The van der Waals surface area contributed by atoms with Crippen molar-refractivity contribution < 1.29 is 4.39 Å². The molecule has 0 nitrogen and oxygen atoms in total. The summed E-state index contributed by atoms with van der Waals surface area (Å²) in [5.41, 5.74) is 0.898. The molecule has 1 atom stereocenters. The van der Waals surface area contributed by atoms with Crippen LogP contribution in [0.5, 0.6) is 0 Å². The standard InChI is InChI=1S/C9H13F/c1-3-8-4-5-9(10)7(2)6-8/h4-5,8H,3,6H2,1-2H3. The average Bonchev–Trinajstić information content (AvgIpc) is 1.95. The van der Waals surface area contributed by atoms with Gasteiger partial charge in [0.2, 0.25) is 0 Å². The van der Waals surface area contributed by atoms with Crippen molar-refractivity contribution in [2.24, 2.45) is 5.92 Å². The summed E-state index contributed by atoms with van der Waals surface area (Å²) >= 11 is 0. The molecule has 1 unspecified atom stereocenters. The number of halogens is 1. The van der Waals surface area contributed by atoms with Crippen LogP contribution in [0.25, 0.3) is 0 Å². The highest BCUT2D eigenvalue weighted by Gasteiger charge is 2.10. The predicted octanol–water partition coefficient (Wildman–Crippen LogP) is 3.22. The molecule has 0 aromatic heterocycles. The van der Waals surface area contributed by atoms with Gasteiger partial charge in [0.25, 0.3) is 0 Å². The average molecular weight is 140 g/mol. The zero-order valence-corrected chi connectivity index (χ0v) is 6.52. The van der Waals surface area contributed by atoms with E-state index in [4.69, 9.17) is 0 Å². The van der Waals surface area contributed by atoms with Crippen LogP contribution in [0.15, 0.2) is 23.6 Å². The molecule has 10 heavy (non-hydrogen) atoms. The molecule has 0 bridgehead atoms. The molecule has 0 aromatic carbocycles. The maximum Gasteiger partial charge on any atom is 0.121 e. The highest BCUT2D eigenvalue weighted by atomic mass is 19.1. The fourth-order valence-corrected chi connectivity index (χ4v) is 1.20.